The smallest absolute Gasteiger partial charge is 0.245 e. The summed E-state index contributed by atoms with van der Waals surface area (Å²) >= 11 is 11.8. The molecule has 210 valence electrons. The number of hydrogen-bond acceptors (Lipinski definition) is 6. The quantitative estimate of drug-likeness (QED) is 0.202. The molecule has 0 unspecified atom stereocenters. The third kappa shape index (κ3) is 7.08. The highest BCUT2D eigenvalue weighted by Gasteiger charge is 2.34. The number of carbonyl (C=O) groups is 4. The number of fused-ring (bicyclic) bond motifs is 1. The third-order valence-corrected chi connectivity index (χ3v) is 7.00. The number of carbonyl (C=O) groups excluding carboxylic acids is 4. The number of benzene rings is 2. The van der Waals surface area contributed by atoms with Crippen LogP contribution in [0, 0.1) is 0 Å². The molecule has 1 saturated carbocycles. The summed E-state index contributed by atoms with van der Waals surface area (Å²) in [4.78, 5) is 56.7. The van der Waals surface area contributed by atoms with Gasteiger partial charge in [-0.15, -0.1) is 0 Å². The molecule has 2 aromatic carbocycles. The van der Waals surface area contributed by atoms with Gasteiger partial charge in [0, 0.05) is 29.1 Å². The number of amides is 3. The predicted molar refractivity (Wildman–Crippen MR) is 156 cm³/mol. The van der Waals surface area contributed by atoms with Crippen molar-refractivity contribution >= 4 is 69.1 Å². The van der Waals surface area contributed by atoms with E-state index in [1.165, 1.54) is 16.5 Å². The summed E-state index contributed by atoms with van der Waals surface area (Å²) in [6.45, 7) is 1.08. The molecule has 2 heterocycles. The van der Waals surface area contributed by atoms with Crippen molar-refractivity contribution in [3.8, 4) is 0 Å². The number of nitrogens with one attached hydrogen (secondary N) is 2. The van der Waals surface area contributed by atoms with E-state index in [0.717, 1.165) is 18.4 Å². The van der Waals surface area contributed by atoms with Crippen LogP contribution in [0.3, 0.4) is 0 Å². The van der Waals surface area contributed by atoms with E-state index in [4.69, 9.17) is 23.2 Å². The molecule has 5 rings (SSSR count). The van der Waals surface area contributed by atoms with E-state index >= 15 is 0 Å². The van der Waals surface area contributed by atoms with Crippen molar-refractivity contribution in [1.82, 2.24) is 19.7 Å². The molecule has 0 aliphatic heterocycles. The molecule has 0 radical (unpaired) electrons. The molecule has 12 heteroatoms. The van der Waals surface area contributed by atoms with Crippen LogP contribution in [0.5, 0.6) is 0 Å². The van der Waals surface area contributed by atoms with E-state index in [2.05, 4.69) is 20.7 Å². The second-order valence-electron chi connectivity index (χ2n) is 9.79. The first kappa shape index (κ1) is 28.3. The van der Waals surface area contributed by atoms with Gasteiger partial charge in [0.05, 0.1) is 11.9 Å². The van der Waals surface area contributed by atoms with Gasteiger partial charge in [-0.25, -0.2) is 4.98 Å². The Kier molecular flexibility index (Phi) is 8.32. The Morgan fingerprint density at radius 3 is 2.41 bits per heavy atom. The fourth-order valence-corrected chi connectivity index (χ4v) is 4.76. The third-order valence-electron chi connectivity index (χ3n) is 6.54. The molecule has 1 aliphatic carbocycles. The van der Waals surface area contributed by atoms with Gasteiger partial charge in [0.25, 0.3) is 0 Å². The van der Waals surface area contributed by atoms with Crippen LogP contribution in [0.25, 0.3) is 10.9 Å². The lowest BCUT2D eigenvalue weighted by Crippen LogP contribution is -2.41. The van der Waals surface area contributed by atoms with Gasteiger partial charge in [-0.1, -0.05) is 41.4 Å². The Hall–Kier alpha value is -4.28. The zero-order chi connectivity index (χ0) is 29.1. The Bertz CT molecular complexity index is 1650. The highest BCUT2D eigenvalue weighted by molar-refractivity contribution is 6.30. The summed E-state index contributed by atoms with van der Waals surface area (Å²) in [5.74, 6) is -0.913. The molecule has 0 saturated heterocycles. The average Bonchev–Trinajstić information content (AvgIpc) is 3.70. The summed E-state index contributed by atoms with van der Waals surface area (Å²) in [6.07, 6.45) is 1.75. The van der Waals surface area contributed by atoms with E-state index < -0.39 is 5.91 Å². The van der Waals surface area contributed by atoms with Crippen molar-refractivity contribution in [3.05, 3.63) is 82.1 Å². The number of pyridine rings is 1. The van der Waals surface area contributed by atoms with Crippen LogP contribution in [0.2, 0.25) is 10.2 Å². The minimum absolute atomic E-state index is 0.0443. The Morgan fingerprint density at radius 1 is 0.976 bits per heavy atom. The number of nitrogens with zero attached hydrogens (tertiary/aromatic N) is 4. The number of hydrogen-bond donors (Lipinski definition) is 2. The molecule has 41 heavy (non-hydrogen) atoms. The molecule has 1 fully saturated rings. The molecule has 4 aromatic rings. The van der Waals surface area contributed by atoms with Crippen LogP contribution in [-0.2, 0) is 27.3 Å². The van der Waals surface area contributed by atoms with Crippen LogP contribution in [0.15, 0.2) is 60.7 Å². The first-order chi connectivity index (χ1) is 19.7. The maximum atomic E-state index is 13.4. The number of Topliss-reactive ketones (excluding diaryl/α,β-unsaturated/α-hetero) is 1. The molecule has 0 spiro atoms. The molecular weight excluding hydrogens is 567 g/mol. The highest BCUT2D eigenvalue weighted by atomic mass is 35.5. The number of aromatic nitrogens is 3. The van der Waals surface area contributed by atoms with Crippen molar-refractivity contribution in [2.75, 3.05) is 17.2 Å². The average molecular weight is 593 g/mol. The maximum absolute atomic E-state index is 13.4. The lowest BCUT2D eigenvalue weighted by atomic mass is 10.1. The lowest BCUT2D eigenvalue weighted by Gasteiger charge is -2.22. The van der Waals surface area contributed by atoms with Gasteiger partial charge < -0.3 is 15.5 Å². The SMILES string of the molecule is CC(=O)c1nn(CC(=O)N(CC(=O)Nc2cccc(Cl)n2)C2CC2)c2ccc(NC(=O)Cc3ccc(Cl)cc3)cc12. The topological polar surface area (TPSA) is 126 Å². The number of rotatable bonds is 10. The van der Waals surface area contributed by atoms with Crippen molar-refractivity contribution in [2.24, 2.45) is 0 Å². The number of ketones is 1. The van der Waals surface area contributed by atoms with Crippen LogP contribution in [0.4, 0.5) is 11.5 Å². The molecule has 10 nitrogen and oxygen atoms in total. The summed E-state index contributed by atoms with van der Waals surface area (Å²) in [5.41, 5.74) is 2.05. The Labute approximate surface area is 245 Å². The normalized spacial score (nSPS) is 12.7. The predicted octanol–water partition coefficient (Wildman–Crippen LogP) is 4.75. The van der Waals surface area contributed by atoms with Crippen LogP contribution in [0.1, 0.15) is 35.8 Å². The summed E-state index contributed by atoms with van der Waals surface area (Å²) in [5, 5.41) is 11.3. The van der Waals surface area contributed by atoms with Crippen molar-refractivity contribution in [1.29, 1.82) is 0 Å². The monoisotopic (exact) mass is 592 g/mol. The molecule has 2 N–H and O–H groups in total. The summed E-state index contributed by atoms with van der Waals surface area (Å²) < 4.78 is 1.46. The Morgan fingerprint density at radius 2 is 1.73 bits per heavy atom. The standard InChI is InChI=1S/C29H26Cl2N6O4/c1-17(38)29-22-14-20(32-26(39)13-18-5-7-19(30)8-6-18)9-12-23(22)37(35-29)16-28(41)36(21-10-11-21)15-27(40)34-25-4-2-3-24(31)33-25/h2-9,12,14,21H,10-11,13,15-16H2,1H3,(H,32,39)(H,33,34,40). The van der Waals surface area contributed by atoms with Crippen molar-refractivity contribution in [3.63, 3.8) is 0 Å². The molecule has 0 atom stereocenters. The van der Waals surface area contributed by atoms with E-state index in [1.807, 2.05) is 0 Å². The van der Waals surface area contributed by atoms with Gasteiger partial charge in [0.1, 0.15) is 29.8 Å². The zero-order valence-electron chi connectivity index (χ0n) is 22.1. The molecular formula is C29H26Cl2N6O4. The minimum Gasteiger partial charge on any atom is -0.329 e. The van der Waals surface area contributed by atoms with Gasteiger partial charge in [-0.05, 0) is 60.9 Å². The molecule has 3 amide bonds. The minimum atomic E-state index is -0.395. The maximum Gasteiger partial charge on any atom is 0.245 e. The lowest BCUT2D eigenvalue weighted by molar-refractivity contribution is -0.135. The first-order valence-corrected chi connectivity index (χ1v) is 13.7. The van der Waals surface area contributed by atoms with E-state index in [0.29, 0.717) is 27.4 Å². The van der Waals surface area contributed by atoms with Crippen LogP contribution in [-0.4, -0.2) is 55.8 Å². The first-order valence-electron chi connectivity index (χ1n) is 12.9. The second-order valence-corrected chi connectivity index (χ2v) is 10.6. The highest BCUT2D eigenvalue weighted by Crippen LogP contribution is 2.28. The molecule has 0 bridgehead atoms. The van der Waals surface area contributed by atoms with E-state index in [1.54, 1.807) is 60.7 Å². The van der Waals surface area contributed by atoms with Crippen LogP contribution < -0.4 is 10.6 Å². The number of anilines is 2. The fraction of sp³-hybridized carbons (Fsp3) is 0.241. The van der Waals surface area contributed by atoms with Crippen LogP contribution >= 0.6 is 23.2 Å². The van der Waals surface area contributed by atoms with Gasteiger partial charge in [0.2, 0.25) is 17.7 Å². The largest absolute Gasteiger partial charge is 0.329 e. The summed E-state index contributed by atoms with van der Waals surface area (Å²) in [7, 11) is 0. The van der Waals surface area contributed by atoms with E-state index in [9.17, 15) is 19.2 Å². The molecule has 2 aromatic heterocycles. The number of halogens is 2. The van der Waals surface area contributed by atoms with Crippen molar-refractivity contribution in [2.45, 2.75) is 38.8 Å². The van der Waals surface area contributed by atoms with Crippen molar-refractivity contribution < 1.29 is 19.2 Å². The fourth-order valence-electron chi connectivity index (χ4n) is 4.47. The zero-order valence-corrected chi connectivity index (χ0v) is 23.6. The summed E-state index contributed by atoms with van der Waals surface area (Å²) in [6, 6.07) is 16.9. The van der Waals surface area contributed by atoms with Gasteiger partial charge in [0.15, 0.2) is 5.78 Å². The Balaban J connectivity index is 1.30. The molecule has 1 aliphatic rings. The van der Waals surface area contributed by atoms with Gasteiger partial charge >= 0.3 is 0 Å². The van der Waals surface area contributed by atoms with E-state index in [-0.39, 0.29) is 54.0 Å². The van der Waals surface area contributed by atoms with Gasteiger partial charge in [-0.3, -0.25) is 23.9 Å². The van der Waals surface area contributed by atoms with Gasteiger partial charge in [-0.2, -0.15) is 5.10 Å². The second kappa shape index (κ2) is 12.1.